The molecule has 4 amide bonds. The lowest BCUT2D eigenvalue weighted by Gasteiger charge is -2.54. The zero-order valence-corrected chi connectivity index (χ0v) is 73.5. The van der Waals surface area contributed by atoms with Gasteiger partial charge in [-0.15, -0.1) is 0 Å². The fourth-order valence-corrected chi connectivity index (χ4v) is 16.9. The van der Waals surface area contributed by atoms with Crippen LogP contribution >= 0.6 is 0 Å². The molecule has 0 aliphatic carbocycles. The Hall–Kier alpha value is -4.68. The maximum absolute atomic E-state index is 14.7. The molecule has 0 bridgehead atoms. The first kappa shape index (κ1) is 111. The highest BCUT2D eigenvalue weighted by Crippen LogP contribution is 2.45. The summed E-state index contributed by atoms with van der Waals surface area (Å²) in [7, 11) is 0. The number of carboxylic acids is 2. The third-order valence-electron chi connectivity index (χ3n) is 24.1. The van der Waals surface area contributed by atoms with Gasteiger partial charge in [0, 0.05) is 40.0 Å². The molecule has 32 unspecified atom stereocenters. The predicted molar refractivity (Wildman–Crippen MR) is 440 cm³/mol. The minimum Gasteiger partial charge on any atom is -0.477 e. The number of hydrogen-bond donors (Lipinski definition) is 25. The number of nitrogens with one attached hydrogen (secondary N) is 4. The molecule has 25 N–H and O–H groups in total. The van der Waals surface area contributed by atoms with E-state index in [0.717, 1.165) is 85.0 Å². The lowest BCUT2D eigenvalue weighted by molar-refractivity contribution is -0.407. The van der Waals surface area contributed by atoms with E-state index in [4.69, 9.17) is 56.8 Å². The van der Waals surface area contributed by atoms with Gasteiger partial charge >= 0.3 is 11.9 Å². The number of hydrogen-bond acceptors (Lipinski definition) is 37. The Morgan fingerprint density at radius 1 is 0.417 bits per heavy atom. The van der Waals surface area contributed by atoms with E-state index in [9.17, 15) is 136 Å². The Bertz CT molecular complexity index is 3200. The first-order valence-electron chi connectivity index (χ1n) is 45.2. The topological polar surface area (TPSA) is 686 Å². The molecular weight excluding hydrogens is 1690 g/mol. The molecule has 34 atom stereocenters. The molecule has 0 spiro atoms. The number of carboxylic acid groups (broad SMARTS) is 2. The van der Waals surface area contributed by atoms with E-state index in [1.165, 1.54) is 102 Å². The standard InChI is InChI=1S/C84H148N4O39/c1-6-8-10-12-14-16-18-20-21-23-25-27-29-31-33-35-58(102)88-48(49(98)34-32-30-28-26-24-22-19-17-15-13-11-9-7-2)44-116-78-69(110)67(108)71(56(42-93)119-78)121-80-70(111)76(72(57(43-94)120-80)122-77-61(87-47(5)97)73(65(106)55(41-92)117-77)123-79-68(109)66(107)64(105)54(40-91)118-79)127-84(82(114)115)37-53(60(86-46(4)96)75(126-84)63(104)52(101)39-90)124-83(81(112)113)36-50(99)59(85-45(3)95)74(125-83)62(103)51(100)38-89/h32,34,48-57,59-80,89-94,98-101,103-111H,6-31,33,35-44H2,1-5H3,(H,85,95)(H,86,96)(H,87,97)(H,88,102)(H,112,113)(H,114,115)/b34-32+/t48-,49+,50?,51?,52?,53?,54?,55?,56?,57?,59?,60?,61?,62?,63?,64?,65?,66?,67?,68?,69?,70?,71?,72?,73?,74?,75?,76?,77?,78?,79?,80?,83?,84?/m1/s1. The van der Waals surface area contributed by atoms with Gasteiger partial charge in [-0.25, -0.2) is 9.59 Å². The Kier molecular flexibility index (Phi) is 49.4. The van der Waals surface area contributed by atoms with E-state index in [-0.39, 0.29) is 6.42 Å². The first-order chi connectivity index (χ1) is 60.6. The van der Waals surface area contributed by atoms with E-state index in [0.29, 0.717) is 12.8 Å². The highest BCUT2D eigenvalue weighted by Gasteiger charge is 2.66. The summed E-state index contributed by atoms with van der Waals surface area (Å²) in [6.07, 6.45) is -33.3. The molecular formula is C84H148N4O39. The van der Waals surface area contributed by atoms with Crippen molar-refractivity contribution in [2.75, 3.05) is 46.2 Å². The van der Waals surface area contributed by atoms with Gasteiger partial charge in [0.05, 0.1) is 82.7 Å². The summed E-state index contributed by atoms with van der Waals surface area (Å²) >= 11 is 0. The molecule has 6 fully saturated rings. The molecule has 6 saturated heterocycles. The molecule has 6 aliphatic heterocycles. The van der Waals surface area contributed by atoms with Crippen LogP contribution in [0.15, 0.2) is 12.2 Å². The number of rotatable bonds is 59. The average Bonchev–Trinajstić information content (AvgIpc) is 0.730. The van der Waals surface area contributed by atoms with Crippen molar-refractivity contribution in [2.24, 2.45) is 0 Å². The smallest absolute Gasteiger partial charge is 0.364 e. The lowest BCUT2D eigenvalue weighted by Crippen LogP contribution is -2.74. The van der Waals surface area contributed by atoms with Crippen LogP contribution in [0.3, 0.4) is 0 Å². The zero-order valence-electron chi connectivity index (χ0n) is 73.5. The van der Waals surface area contributed by atoms with Crippen LogP contribution in [0.5, 0.6) is 0 Å². The van der Waals surface area contributed by atoms with Crippen molar-refractivity contribution in [2.45, 2.75) is 435 Å². The van der Waals surface area contributed by atoms with Gasteiger partial charge in [-0.2, -0.15) is 0 Å². The molecule has 0 radical (unpaired) electrons. The van der Waals surface area contributed by atoms with Crippen molar-refractivity contribution in [3.05, 3.63) is 12.2 Å². The Labute approximate surface area is 740 Å². The number of carbonyl (C=O) groups excluding carboxylic acids is 4. The monoisotopic (exact) mass is 1840 g/mol. The van der Waals surface area contributed by atoms with Crippen molar-refractivity contribution in [1.82, 2.24) is 21.3 Å². The van der Waals surface area contributed by atoms with Crippen molar-refractivity contribution in [3.63, 3.8) is 0 Å². The number of carbonyl (C=O) groups is 6. The van der Waals surface area contributed by atoms with Gasteiger partial charge in [0.15, 0.2) is 25.2 Å². The maximum Gasteiger partial charge on any atom is 0.364 e. The largest absolute Gasteiger partial charge is 0.477 e. The summed E-state index contributed by atoms with van der Waals surface area (Å²) in [5.41, 5.74) is 0. The van der Waals surface area contributed by atoms with E-state index in [1.807, 2.05) is 0 Å². The summed E-state index contributed by atoms with van der Waals surface area (Å²) < 4.78 is 73.0. The number of aliphatic hydroxyl groups excluding tert-OH is 19. The Morgan fingerprint density at radius 3 is 1.31 bits per heavy atom. The van der Waals surface area contributed by atoms with Gasteiger partial charge in [0.1, 0.15) is 134 Å². The summed E-state index contributed by atoms with van der Waals surface area (Å²) in [5.74, 6) is -15.5. The zero-order chi connectivity index (χ0) is 93.8. The predicted octanol–water partition coefficient (Wildman–Crippen LogP) is -3.87. The van der Waals surface area contributed by atoms with Crippen LogP contribution in [0.4, 0.5) is 0 Å². The second-order valence-electron chi connectivity index (χ2n) is 34.2. The van der Waals surface area contributed by atoms with Crippen LogP contribution in [0.2, 0.25) is 0 Å². The number of ether oxygens (including phenoxy) is 12. The summed E-state index contributed by atoms with van der Waals surface area (Å²) in [6, 6.07) is -7.39. The van der Waals surface area contributed by atoms with Crippen molar-refractivity contribution >= 4 is 35.6 Å². The molecule has 0 aromatic carbocycles. The molecule has 0 aromatic rings. The SMILES string of the molecule is CCCCCCCCCCCCC/C=C/[C@H](O)[C@@H](COC1OC(CO)C(OC2OC(CO)C(OC3OC(CO)C(O)C(OC4OC(CO)C(O)C(O)C4O)C3NC(C)=O)C(OC3(C(=O)O)CC(OC4(C(=O)O)CC(O)C(NC(C)=O)C(C(O)C(O)CO)O4)C(NC(C)=O)C(C(O)C(O)CO)O3)C2O)C(O)C1O)NC(=O)CCCCCCCCCCCCCCCCC. The average molecular weight is 1840 g/mol. The van der Waals surface area contributed by atoms with Crippen molar-refractivity contribution < 1.29 is 193 Å². The molecule has 6 heterocycles. The molecule has 43 heteroatoms. The van der Waals surface area contributed by atoms with Crippen LogP contribution in [-0.2, 0) is 85.6 Å². The van der Waals surface area contributed by atoms with E-state index in [2.05, 4.69) is 35.1 Å². The fraction of sp³-hybridized carbons (Fsp3) is 0.905. The normalized spacial score (nSPS) is 35.1. The third kappa shape index (κ3) is 32.6. The van der Waals surface area contributed by atoms with Crippen molar-refractivity contribution in [1.29, 1.82) is 0 Å². The fourth-order valence-electron chi connectivity index (χ4n) is 16.9. The molecule has 0 aromatic heterocycles. The Balaban J connectivity index is 1.38. The second kappa shape index (κ2) is 56.5. The second-order valence-corrected chi connectivity index (χ2v) is 34.2. The molecule has 6 aliphatic rings. The summed E-state index contributed by atoms with van der Waals surface area (Å²) in [4.78, 5) is 81.7. The first-order valence-corrected chi connectivity index (χ1v) is 45.2. The summed E-state index contributed by atoms with van der Waals surface area (Å²) in [5, 5.41) is 247. The van der Waals surface area contributed by atoms with Crippen LogP contribution in [-0.4, -0.2) is 396 Å². The number of allylic oxidation sites excluding steroid dienone is 1. The third-order valence-corrected chi connectivity index (χ3v) is 24.1. The van der Waals surface area contributed by atoms with E-state index in [1.54, 1.807) is 6.08 Å². The number of amides is 4. The number of aliphatic carboxylic acids is 2. The van der Waals surface area contributed by atoms with Crippen LogP contribution in [0.25, 0.3) is 0 Å². The van der Waals surface area contributed by atoms with Crippen LogP contribution in [0.1, 0.15) is 227 Å². The van der Waals surface area contributed by atoms with Gasteiger partial charge in [-0.05, 0) is 19.3 Å². The van der Waals surface area contributed by atoms with Crippen LogP contribution in [0, 0.1) is 0 Å². The van der Waals surface area contributed by atoms with Gasteiger partial charge in [-0.3, -0.25) is 19.2 Å². The molecule has 43 nitrogen and oxygen atoms in total. The minimum absolute atomic E-state index is 0.0772. The van der Waals surface area contributed by atoms with Gasteiger partial charge in [0.25, 0.3) is 11.6 Å². The van der Waals surface area contributed by atoms with Crippen LogP contribution < -0.4 is 21.3 Å². The van der Waals surface area contributed by atoms with E-state index < -0.39 is 302 Å². The number of unbranched alkanes of at least 4 members (excludes halogenated alkanes) is 25. The number of aliphatic hydroxyl groups is 19. The quantitative estimate of drug-likeness (QED) is 0.0205. The van der Waals surface area contributed by atoms with Crippen molar-refractivity contribution in [3.8, 4) is 0 Å². The highest BCUT2D eigenvalue weighted by molar-refractivity contribution is 5.78. The maximum atomic E-state index is 14.7. The minimum atomic E-state index is -3.82. The van der Waals surface area contributed by atoms with Gasteiger partial charge in [0.2, 0.25) is 23.6 Å². The van der Waals surface area contributed by atoms with E-state index >= 15 is 0 Å². The molecule has 0 saturated carbocycles. The molecule has 127 heavy (non-hydrogen) atoms. The summed E-state index contributed by atoms with van der Waals surface area (Å²) in [6.45, 7) is -1.05. The van der Waals surface area contributed by atoms with Gasteiger partial charge < -0.3 is 185 Å². The molecule has 6 rings (SSSR count). The molecule has 738 valence electrons. The lowest BCUT2D eigenvalue weighted by atomic mass is 9.86. The Morgan fingerprint density at radius 2 is 0.819 bits per heavy atom. The van der Waals surface area contributed by atoms with Gasteiger partial charge in [-0.1, -0.05) is 180 Å². The highest BCUT2D eigenvalue weighted by atomic mass is 16.8.